The van der Waals surface area contributed by atoms with Crippen molar-refractivity contribution in [2.75, 3.05) is 6.61 Å². The van der Waals surface area contributed by atoms with Gasteiger partial charge in [0.2, 0.25) is 0 Å². The van der Waals surface area contributed by atoms with Crippen molar-refractivity contribution in [3.8, 4) is 0 Å². The molecular formula is C6H13NO5. The number of carboxylic acid groups (broad SMARTS) is 1. The van der Waals surface area contributed by atoms with Crippen molar-refractivity contribution in [2.45, 2.75) is 19.4 Å². The fourth-order valence-corrected chi connectivity index (χ4v) is 0.487. The van der Waals surface area contributed by atoms with E-state index in [9.17, 15) is 9.59 Å². The van der Waals surface area contributed by atoms with Gasteiger partial charge in [0, 0.05) is 0 Å². The lowest BCUT2D eigenvalue weighted by Gasteiger charge is -2.05. The number of hydrogen-bond donors (Lipinski definition) is 3. The van der Waals surface area contributed by atoms with Crippen molar-refractivity contribution in [3.63, 3.8) is 0 Å². The van der Waals surface area contributed by atoms with Crippen LogP contribution in [0, 0.1) is 0 Å². The lowest BCUT2D eigenvalue weighted by Crippen LogP contribution is -2.25. The molecule has 0 radical (unpaired) electrons. The van der Waals surface area contributed by atoms with Crippen LogP contribution in [0.15, 0.2) is 0 Å². The van der Waals surface area contributed by atoms with Gasteiger partial charge in [-0.1, -0.05) is 0 Å². The molecule has 12 heavy (non-hydrogen) atoms. The Hall–Kier alpha value is -1.14. The minimum Gasteiger partial charge on any atom is -0.481 e. The Morgan fingerprint density at radius 1 is 1.50 bits per heavy atom. The lowest BCUT2D eigenvalue weighted by molar-refractivity contribution is -0.157. The molecular weight excluding hydrogens is 166 g/mol. The molecule has 1 unspecified atom stereocenters. The third-order valence-electron chi connectivity index (χ3n) is 0.927. The van der Waals surface area contributed by atoms with Crippen LogP contribution in [0.5, 0.6) is 0 Å². The Kier molecular flexibility index (Phi) is 7.36. The number of carbonyl (C=O) groups excluding carboxylic acids is 1. The Labute approximate surface area is 69.7 Å². The van der Waals surface area contributed by atoms with Gasteiger partial charge in [0.1, 0.15) is 0 Å². The molecule has 0 saturated heterocycles. The first kappa shape index (κ1) is 13.4. The van der Waals surface area contributed by atoms with E-state index < -0.39 is 24.5 Å². The zero-order valence-corrected chi connectivity index (χ0v) is 6.82. The van der Waals surface area contributed by atoms with Crippen molar-refractivity contribution in [1.82, 2.24) is 6.15 Å². The van der Waals surface area contributed by atoms with E-state index in [1.165, 1.54) is 0 Å². The molecule has 0 aliphatic heterocycles. The van der Waals surface area contributed by atoms with Gasteiger partial charge in [0.25, 0.3) is 0 Å². The summed E-state index contributed by atoms with van der Waals surface area (Å²) in [4.78, 5) is 20.5. The average molecular weight is 179 g/mol. The summed E-state index contributed by atoms with van der Waals surface area (Å²) in [6.07, 6.45) is -2.16. The van der Waals surface area contributed by atoms with Gasteiger partial charge in [0.05, 0.1) is 13.0 Å². The normalized spacial score (nSPS) is 11.2. The standard InChI is InChI=1S/C6H10O5.H3N/c1-2-11-6(10)4(7)3-5(8)9;/h4,7H,2-3H2,1H3,(H,8,9);1H3. The summed E-state index contributed by atoms with van der Waals surface area (Å²) < 4.78 is 4.35. The van der Waals surface area contributed by atoms with Crippen LogP contribution in [0.25, 0.3) is 0 Å². The number of aliphatic hydroxyl groups excluding tert-OH is 1. The van der Waals surface area contributed by atoms with E-state index in [0.29, 0.717) is 0 Å². The predicted octanol–water partition coefficient (Wildman–Crippen LogP) is -0.453. The Balaban J connectivity index is 0. The molecule has 0 spiro atoms. The number of aliphatic hydroxyl groups is 1. The molecule has 0 rings (SSSR count). The molecule has 0 fully saturated rings. The van der Waals surface area contributed by atoms with Crippen LogP contribution >= 0.6 is 0 Å². The highest BCUT2D eigenvalue weighted by atomic mass is 16.5. The highest BCUT2D eigenvalue weighted by molar-refractivity contribution is 5.80. The molecule has 6 nitrogen and oxygen atoms in total. The fraction of sp³-hybridized carbons (Fsp3) is 0.667. The number of esters is 1. The van der Waals surface area contributed by atoms with Gasteiger partial charge in [-0.15, -0.1) is 0 Å². The van der Waals surface area contributed by atoms with E-state index >= 15 is 0 Å². The Morgan fingerprint density at radius 2 is 2.00 bits per heavy atom. The zero-order chi connectivity index (χ0) is 8.85. The quantitative estimate of drug-likeness (QED) is 0.503. The second-order valence-corrected chi connectivity index (χ2v) is 1.87. The third-order valence-corrected chi connectivity index (χ3v) is 0.927. The molecule has 0 aromatic heterocycles. The molecule has 0 saturated carbocycles. The van der Waals surface area contributed by atoms with Gasteiger partial charge in [0.15, 0.2) is 6.10 Å². The summed E-state index contributed by atoms with van der Waals surface area (Å²) in [7, 11) is 0. The number of ether oxygens (including phenoxy) is 1. The fourth-order valence-electron chi connectivity index (χ4n) is 0.487. The first-order chi connectivity index (χ1) is 5.07. The van der Waals surface area contributed by atoms with Gasteiger partial charge in [-0.3, -0.25) is 4.79 Å². The molecule has 5 N–H and O–H groups in total. The zero-order valence-electron chi connectivity index (χ0n) is 6.82. The first-order valence-electron chi connectivity index (χ1n) is 3.14. The van der Waals surface area contributed by atoms with Crippen molar-refractivity contribution >= 4 is 11.9 Å². The van der Waals surface area contributed by atoms with E-state index in [-0.39, 0.29) is 12.8 Å². The van der Waals surface area contributed by atoms with Crippen LogP contribution in [0.1, 0.15) is 13.3 Å². The van der Waals surface area contributed by atoms with Crippen LogP contribution in [0.2, 0.25) is 0 Å². The van der Waals surface area contributed by atoms with Crippen molar-refractivity contribution < 1.29 is 24.5 Å². The summed E-state index contributed by atoms with van der Waals surface area (Å²) in [6, 6.07) is 0. The first-order valence-corrected chi connectivity index (χ1v) is 3.14. The minimum absolute atomic E-state index is 0. The Bertz CT molecular complexity index is 158. The van der Waals surface area contributed by atoms with Crippen LogP contribution in [-0.4, -0.2) is 34.9 Å². The number of rotatable bonds is 4. The van der Waals surface area contributed by atoms with E-state index in [4.69, 9.17) is 10.2 Å². The third kappa shape index (κ3) is 5.63. The van der Waals surface area contributed by atoms with Crippen molar-refractivity contribution in [2.24, 2.45) is 0 Å². The highest BCUT2D eigenvalue weighted by Gasteiger charge is 2.18. The number of hydrogen-bond acceptors (Lipinski definition) is 5. The largest absolute Gasteiger partial charge is 0.481 e. The van der Waals surface area contributed by atoms with Crippen LogP contribution in [0.4, 0.5) is 0 Å². The van der Waals surface area contributed by atoms with Crippen LogP contribution in [-0.2, 0) is 14.3 Å². The highest BCUT2D eigenvalue weighted by Crippen LogP contribution is 1.94. The predicted molar refractivity (Wildman–Crippen MR) is 39.9 cm³/mol. The molecule has 0 aromatic carbocycles. The van der Waals surface area contributed by atoms with Crippen molar-refractivity contribution in [3.05, 3.63) is 0 Å². The number of carbonyl (C=O) groups is 2. The summed E-state index contributed by atoms with van der Waals surface area (Å²) in [6.45, 7) is 1.71. The van der Waals surface area contributed by atoms with Gasteiger partial charge in [-0.25, -0.2) is 4.79 Å². The maximum atomic E-state index is 10.5. The summed E-state index contributed by atoms with van der Waals surface area (Å²) in [5.74, 6) is -2.12. The van der Waals surface area contributed by atoms with Crippen LogP contribution < -0.4 is 6.15 Å². The summed E-state index contributed by atoms with van der Waals surface area (Å²) >= 11 is 0. The van der Waals surface area contributed by atoms with Gasteiger partial charge in [-0.05, 0) is 6.92 Å². The molecule has 0 aromatic rings. The Morgan fingerprint density at radius 3 is 2.33 bits per heavy atom. The molecule has 1 atom stereocenters. The molecule has 0 amide bonds. The number of aliphatic carboxylic acids is 1. The molecule has 72 valence electrons. The van der Waals surface area contributed by atoms with E-state index in [2.05, 4.69) is 4.74 Å². The van der Waals surface area contributed by atoms with Gasteiger partial charge < -0.3 is 21.1 Å². The maximum Gasteiger partial charge on any atom is 0.335 e. The maximum absolute atomic E-state index is 10.5. The second-order valence-electron chi connectivity index (χ2n) is 1.87. The molecule has 0 aliphatic rings. The number of carboxylic acids is 1. The lowest BCUT2D eigenvalue weighted by atomic mass is 10.2. The molecule has 0 heterocycles. The summed E-state index contributed by atoms with van der Waals surface area (Å²) in [5, 5.41) is 16.9. The summed E-state index contributed by atoms with van der Waals surface area (Å²) in [5.41, 5.74) is 0. The minimum atomic E-state index is -1.55. The average Bonchev–Trinajstić information content (AvgIpc) is 1.86. The topological polar surface area (TPSA) is 119 Å². The smallest absolute Gasteiger partial charge is 0.335 e. The van der Waals surface area contributed by atoms with Gasteiger partial charge >= 0.3 is 11.9 Å². The second kappa shape index (κ2) is 6.56. The van der Waals surface area contributed by atoms with E-state index in [1.807, 2.05) is 0 Å². The van der Waals surface area contributed by atoms with Gasteiger partial charge in [-0.2, -0.15) is 0 Å². The van der Waals surface area contributed by atoms with E-state index in [0.717, 1.165) is 0 Å². The monoisotopic (exact) mass is 179 g/mol. The van der Waals surface area contributed by atoms with E-state index in [1.54, 1.807) is 6.92 Å². The molecule has 0 aliphatic carbocycles. The van der Waals surface area contributed by atoms with Crippen molar-refractivity contribution in [1.29, 1.82) is 0 Å². The molecule has 6 heteroatoms. The van der Waals surface area contributed by atoms with Crippen LogP contribution in [0.3, 0.4) is 0 Å². The SMILES string of the molecule is CCOC(=O)C(O)CC(=O)O.N. The molecule has 0 bridgehead atoms.